The summed E-state index contributed by atoms with van der Waals surface area (Å²) in [6.07, 6.45) is 13.7. The summed E-state index contributed by atoms with van der Waals surface area (Å²) in [5, 5.41) is 14.9. The number of hydrogen-bond donors (Lipinski definition) is 1. The Labute approximate surface area is 130 Å². The number of nitrogens with one attached hydrogen (secondary N) is 1. The molecule has 3 aliphatic rings. The Morgan fingerprint density at radius 3 is 2.86 bits per heavy atom. The van der Waals surface area contributed by atoms with E-state index in [1.807, 2.05) is 6.07 Å². The average molecular weight is 294 g/mol. The van der Waals surface area contributed by atoms with E-state index in [1.54, 1.807) is 12.1 Å². The van der Waals surface area contributed by atoms with Crippen LogP contribution in [0.4, 0.5) is 5.69 Å². The Kier molecular flexibility index (Phi) is 3.29. The number of carboxylic acid groups (broad SMARTS) is 1. The Morgan fingerprint density at radius 1 is 1.18 bits per heavy atom. The minimum Gasteiger partial charge on any atom is -0.545 e. The van der Waals surface area contributed by atoms with Crippen LogP contribution >= 0.6 is 0 Å². The van der Waals surface area contributed by atoms with Crippen molar-refractivity contribution < 1.29 is 9.90 Å². The van der Waals surface area contributed by atoms with Gasteiger partial charge in [0.15, 0.2) is 0 Å². The fourth-order valence-electron chi connectivity index (χ4n) is 4.37. The molecule has 1 aliphatic heterocycles. The number of rotatable bonds is 2. The average Bonchev–Trinajstić information content (AvgIpc) is 3.04. The molecule has 0 saturated heterocycles. The van der Waals surface area contributed by atoms with Crippen LogP contribution in [0.1, 0.15) is 47.5 Å². The van der Waals surface area contributed by atoms with E-state index in [9.17, 15) is 9.90 Å². The Bertz CT molecular complexity index is 661. The number of carboxylic acids is 1. The molecule has 0 amide bonds. The predicted octanol–water partition coefficient (Wildman–Crippen LogP) is 2.86. The summed E-state index contributed by atoms with van der Waals surface area (Å²) in [4.78, 5) is 11.1. The van der Waals surface area contributed by atoms with Crippen molar-refractivity contribution in [1.82, 2.24) is 0 Å². The molecule has 0 saturated carbocycles. The smallest absolute Gasteiger partial charge is 0.0715 e. The van der Waals surface area contributed by atoms with Crippen molar-refractivity contribution >= 4 is 11.7 Å². The molecule has 114 valence electrons. The maximum Gasteiger partial charge on any atom is 0.0715 e. The van der Waals surface area contributed by atoms with Gasteiger partial charge in [0.05, 0.1) is 5.97 Å². The zero-order valence-corrected chi connectivity index (χ0v) is 12.5. The summed E-state index contributed by atoms with van der Waals surface area (Å²) in [5.74, 6) is 0.458. The number of benzene rings is 1. The molecule has 1 aromatic carbocycles. The summed E-state index contributed by atoms with van der Waals surface area (Å²) in [7, 11) is 0. The van der Waals surface area contributed by atoms with Gasteiger partial charge in [-0.3, -0.25) is 0 Å². The fourth-order valence-corrected chi connectivity index (χ4v) is 4.37. The lowest BCUT2D eigenvalue weighted by atomic mass is 9.72. The molecule has 2 aliphatic carbocycles. The largest absolute Gasteiger partial charge is 0.545 e. The van der Waals surface area contributed by atoms with Gasteiger partial charge < -0.3 is 15.2 Å². The SMILES string of the molecule is O=C([O-])c1ccc2c(c1)[C@@H]1C=CC[C@@H]1[C@H]([C@H]1CC=CCC1)N2. The number of fused-ring (bicyclic) bond motifs is 3. The zero-order chi connectivity index (χ0) is 15.1. The van der Waals surface area contributed by atoms with Crippen LogP contribution in [0.2, 0.25) is 0 Å². The normalized spacial score (nSPS) is 32.2. The number of carbonyl (C=O) groups excluding carboxylic acids is 1. The molecule has 4 rings (SSSR count). The van der Waals surface area contributed by atoms with E-state index < -0.39 is 5.97 Å². The van der Waals surface area contributed by atoms with Gasteiger partial charge in [-0.05, 0) is 60.8 Å². The first-order valence-corrected chi connectivity index (χ1v) is 8.17. The van der Waals surface area contributed by atoms with E-state index in [0.29, 0.717) is 23.8 Å². The Balaban J connectivity index is 1.70. The lowest BCUT2D eigenvalue weighted by molar-refractivity contribution is -0.255. The maximum absolute atomic E-state index is 11.1. The van der Waals surface area contributed by atoms with Crippen LogP contribution in [0.25, 0.3) is 0 Å². The van der Waals surface area contributed by atoms with Gasteiger partial charge in [-0.1, -0.05) is 30.4 Å². The van der Waals surface area contributed by atoms with Gasteiger partial charge >= 0.3 is 0 Å². The van der Waals surface area contributed by atoms with Crippen LogP contribution in [0.15, 0.2) is 42.5 Å². The number of aromatic carboxylic acids is 1. The topological polar surface area (TPSA) is 52.2 Å². The quantitative estimate of drug-likeness (QED) is 0.853. The summed E-state index contributed by atoms with van der Waals surface area (Å²) in [5.41, 5.74) is 2.49. The summed E-state index contributed by atoms with van der Waals surface area (Å²) in [6, 6.07) is 5.83. The van der Waals surface area contributed by atoms with E-state index in [4.69, 9.17) is 0 Å². The second-order valence-corrected chi connectivity index (χ2v) is 6.66. The molecule has 0 spiro atoms. The number of allylic oxidation sites excluding steroid dienone is 4. The van der Waals surface area contributed by atoms with Crippen LogP contribution in [0.5, 0.6) is 0 Å². The molecule has 0 fully saturated rings. The van der Waals surface area contributed by atoms with Gasteiger partial charge in [0.25, 0.3) is 0 Å². The van der Waals surface area contributed by atoms with Gasteiger partial charge in [0.2, 0.25) is 0 Å². The van der Waals surface area contributed by atoms with Crippen LogP contribution < -0.4 is 10.4 Å². The fraction of sp³-hybridized carbons (Fsp3) is 0.421. The molecule has 0 radical (unpaired) electrons. The molecular weight excluding hydrogens is 274 g/mol. The molecule has 4 atom stereocenters. The monoisotopic (exact) mass is 294 g/mol. The Hall–Kier alpha value is -2.03. The van der Waals surface area contributed by atoms with Gasteiger partial charge in [-0.2, -0.15) is 0 Å². The second kappa shape index (κ2) is 5.31. The summed E-state index contributed by atoms with van der Waals surface area (Å²) >= 11 is 0. The van der Waals surface area contributed by atoms with Crippen LogP contribution in [-0.2, 0) is 0 Å². The third-order valence-electron chi connectivity index (χ3n) is 5.46. The standard InChI is InChI=1S/C19H21NO2/c21-19(22)13-9-10-17-16(11-13)14-7-4-8-15(14)18(20-17)12-5-2-1-3-6-12/h1-2,4,7,9-12,14-15,18,20H,3,5-6,8H2,(H,21,22)/p-1/t12-,14+,15-,18-/m0/s1. The molecule has 3 nitrogen and oxygen atoms in total. The van der Waals surface area contributed by atoms with Gasteiger partial charge in [0, 0.05) is 17.6 Å². The van der Waals surface area contributed by atoms with Gasteiger partial charge in [-0.25, -0.2) is 0 Å². The maximum atomic E-state index is 11.1. The lowest BCUT2D eigenvalue weighted by Crippen LogP contribution is -2.42. The highest BCUT2D eigenvalue weighted by Crippen LogP contribution is 2.47. The number of carbonyl (C=O) groups is 1. The molecule has 0 aromatic heterocycles. The molecule has 0 unspecified atom stereocenters. The minimum absolute atomic E-state index is 0.277. The third kappa shape index (κ3) is 2.16. The predicted molar refractivity (Wildman–Crippen MR) is 84.7 cm³/mol. The lowest BCUT2D eigenvalue weighted by Gasteiger charge is -2.42. The molecule has 0 bridgehead atoms. The number of anilines is 1. The number of hydrogen-bond acceptors (Lipinski definition) is 3. The molecule has 1 aromatic rings. The highest BCUT2D eigenvalue weighted by molar-refractivity contribution is 5.87. The van der Waals surface area contributed by atoms with Crippen molar-refractivity contribution in [2.45, 2.75) is 37.6 Å². The van der Waals surface area contributed by atoms with Crippen LogP contribution in [0, 0.1) is 11.8 Å². The summed E-state index contributed by atoms with van der Waals surface area (Å²) in [6.45, 7) is 0. The second-order valence-electron chi connectivity index (χ2n) is 6.66. The third-order valence-corrected chi connectivity index (χ3v) is 5.46. The highest BCUT2D eigenvalue weighted by Gasteiger charge is 2.40. The first kappa shape index (κ1) is 13.6. The van der Waals surface area contributed by atoms with Crippen molar-refractivity contribution in [2.24, 2.45) is 11.8 Å². The molecular formula is C19H20NO2-. The van der Waals surface area contributed by atoms with Crippen molar-refractivity contribution in [1.29, 1.82) is 0 Å². The van der Waals surface area contributed by atoms with Crippen molar-refractivity contribution in [3.63, 3.8) is 0 Å². The van der Waals surface area contributed by atoms with Crippen molar-refractivity contribution in [2.75, 3.05) is 5.32 Å². The van der Waals surface area contributed by atoms with E-state index in [-0.39, 0.29) is 5.56 Å². The van der Waals surface area contributed by atoms with Crippen LogP contribution in [0.3, 0.4) is 0 Å². The molecule has 1 heterocycles. The first-order chi connectivity index (χ1) is 10.7. The summed E-state index contributed by atoms with van der Waals surface area (Å²) < 4.78 is 0. The molecule has 1 N–H and O–H groups in total. The van der Waals surface area contributed by atoms with Crippen molar-refractivity contribution in [3.8, 4) is 0 Å². The van der Waals surface area contributed by atoms with Crippen molar-refractivity contribution in [3.05, 3.63) is 53.6 Å². The molecule has 3 heteroatoms. The van der Waals surface area contributed by atoms with E-state index >= 15 is 0 Å². The zero-order valence-electron chi connectivity index (χ0n) is 12.5. The minimum atomic E-state index is -1.10. The first-order valence-electron chi connectivity index (χ1n) is 8.17. The van der Waals surface area contributed by atoms with Gasteiger partial charge in [0.1, 0.15) is 0 Å². The highest BCUT2D eigenvalue weighted by atomic mass is 16.4. The van der Waals surface area contributed by atoms with E-state index in [1.165, 1.54) is 12.8 Å². The molecule has 22 heavy (non-hydrogen) atoms. The van der Waals surface area contributed by atoms with Crippen LogP contribution in [-0.4, -0.2) is 12.0 Å². The van der Waals surface area contributed by atoms with E-state index in [2.05, 4.69) is 29.6 Å². The van der Waals surface area contributed by atoms with Gasteiger partial charge in [-0.15, -0.1) is 0 Å². The van der Waals surface area contributed by atoms with E-state index in [0.717, 1.165) is 24.1 Å². The Morgan fingerprint density at radius 2 is 2.09 bits per heavy atom.